The first-order valence-corrected chi connectivity index (χ1v) is 8.57. The number of aliphatic hydroxyl groups is 1. The Morgan fingerprint density at radius 3 is 2.91 bits per heavy atom. The second-order valence-electron chi connectivity index (χ2n) is 5.20. The van der Waals surface area contributed by atoms with E-state index in [1.807, 2.05) is 11.8 Å². The van der Waals surface area contributed by atoms with Gasteiger partial charge in [-0.15, -0.1) is 0 Å². The van der Waals surface area contributed by atoms with E-state index in [-0.39, 0.29) is 25.2 Å². The van der Waals surface area contributed by atoms with Gasteiger partial charge in [-0.05, 0) is 30.4 Å². The van der Waals surface area contributed by atoms with E-state index in [9.17, 15) is 4.79 Å². The first-order valence-electron chi connectivity index (χ1n) is 7.41. The van der Waals surface area contributed by atoms with Crippen LogP contribution in [0.15, 0.2) is 34.9 Å². The van der Waals surface area contributed by atoms with E-state index in [0.717, 1.165) is 17.9 Å². The average molecular weight is 334 g/mol. The van der Waals surface area contributed by atoms with Crippen LogP contribution in [0.25, 0.3) is 0 Å². The normalized spacial score (nSPS) is 17.2. The average Bonchev–Trinajstić information content (AvgIpc) is 3.24. The van der Waals surface area contributed by atoms with Crippen molar-refractivity contribution in [3.8, 4) is 5.88 Å². The number of aromatic nitrogens is 1. The number of rotatable bonds is 6. The van der Waals surface area contributed by atoms with Gasteiger partial charge in [0.15, 0.2) is 0 Å². The van der Waals surface area contributed by atoms with Crippen LogP contribution in [0, 0.1) is 0 Å². The Hall–Kier alpha value is -1.99. The molecular weight excluding hydrogens is 316 g/mol. The maximum absolute atomic E-state index is 12.1. The fourth-order valence-electron chi connectivity index (χ4n) is 2.23. The molecule has 2 N–H and O–H groups in total. The van der Waals surface area contributed by atoms with Crippen molar-refractivity contribution in [3.05, 3.63) is 47.5 Å². The zero-order valence-electron chi connectivity index (χ0n) is 12.5. The lowest BCUT2D eigenvalue weighted by Gasteiger charge is -2.11. The molecule has 3 rings (SSSR count). The molecule has 3 heterocycles. The molecule has 0 aliphatic carbocycles. The number of thioether (sulfide) groups is 1. The molecule has 1 aliphatic heterocycles. The van der Waals surface area contributed by atoms with E-state index in [4.69, 9.17) is 14.3 Å². The van der Waals surface area contributed by atoms with Crippen LogP contribution in [-0.4, -0.2) is 33.6 Å². The number of ether oxygens (including phenoxy) is 1. The van der Waals surface area contributed by atoms with Crippen molar-refractivity contribution in [2.24, 2.45) is 0 Å². The predicted molar refractivity (Wildman–Crippen MR) is 86.4 cm³/mol. The van der Waals surface area contributed by atoms with Crippen LogP contribution < -0.4 is 10.1 Å². The lowest BCUT2D eigenvalue weighted by Crippen LogP contribution is -2.22. The van der Waals surface area contributed by atoms with Gasteiger partial charge < -0.3 is 19.6 Å². The van der Waals surface area contributed by atoms with Gasteiger partial charge in [0.05, 0.1) is 12.1 Å². The van der Waals surface area contributed by atoms with E-state index < -0.39 is 0 Å². The highest BCUT2D eigenvalue weighted by Gasteiger charge is 2.17. The van der Waals surface area contributed by atoms with Gasteiger partial charge >= 0.3 is 0 Å². The molecule has 1 saturated heterocycles. The predicted octanol–water partition coefficient (Wildman–Crippen LogP) is 1.98. The van der Waals surface area contributed by atoms with Gasteiger partial charge in [0, 0.05) is 18.0 Å². The van der Waals surface area contributed by atoms with Gasteiger partial charge in [-0.25, -0.2) is 4.98 Å². The molecule has 7 heteroatoms. The molecule has 0 unspecified atom stereocenters. The molecule has 2 aromatic heterocycles. The molecule has 2 aromatic rings. The minimum Gasteiger partial charge on any atom is -0.473 e. The minimum atomic E-state index is -0.234. The smallest absolute Gasteiger partial charge is 0.253 e. The van der Waals surface area contributed by atoms with Crippen LogP contribution in [0.5, 0.6) is 5.88 Å². The molecule has 0 aromatic carbocycles. The summed E-state index contributed by atoms with van der Waals surface area (Å²) in [5.74, 6) is 3.49. The van der Waals surface area contributed by atoms with Gasteiger partial charge in [0.25, 0.3) is 5.91 Å². The van der Waals surface area contributed by atoms with Crippen LogP contribution >= 0.6 is 11.8 Å². The topological polar surface area (TPSA) is 84.6 Å². The molecule has 0 saturated carbocycles. The third-order valence-electron chi connectivity index (χ3n) is 3.47. The van der Waals surface area contributed by atoms with Crippen LogP contribution in [0.3, 0.4) is 0 Å². The molecule has 0 bridgehead atoms. The standard InChI is InChI=1S/C16H18N2O4S/c19-9-13-3-2-12(21-13)8-18-16(20)11-1-4-15(17-7-11)22-14-5-6-23-10-14/h1-4,7,14,19H,5-6,8-10H2,(H,18,20)/t14-/m1/s1. The van der Waals surface area contributed by atoms with Gasteiger partial charge in [-0.3, -0.25) is 4.79 Å². The number of hydrogen-bond donors (Lipinski definition) is 2. The second kappa shape index (κ2) is 7.52. The number of amides is 1. The Labute approximate surface area is 138 Å². The zero-order chi connectivity index (χ0) is 16.1. The first-order chi connectivity index (χ1) is 11.2. The van der Waals surface area contributed by atoms with Gasteiger partial charge in [-0.1, -0.05) is 0 Å². The van der Waals surface area contributed by atoms with Crippen molar-refractivity contribution in [3.63, 3.8) is 0 Å². The Kier molecular flexibility index (Phi) is 5.19. The van der Waals surface area contributed by atoms with Gasteiger partial charge in [0.2, 0.25) is 5.88 Å². The number of pyridine rings is 1. The van der Waals surface area contributed by atoms with Crippen molar-refractivity contribution >= 4 is 17.7 Å². The van der Waals surface area contributed by atoms with Crippen molar-refractivity contribution in [1.29, 1.82) is 0 Å². The largest absolute Gasteiger partial charge is 0.473 e. The van der Waals surface area contributed by atoms with E-state index in [1.165, 1.54) is 6.20 Å². The maximum atomic E-state index is 12.1. The summed E-state index contributed by atoms with van der Waals surface area (Å²) in [6.45, 7) is 0.106. The van der Waals surface area contributed by atoms with Crippen molar-refractivity contribution in [1.82, 2.24) is 10.3 Å². The first kappa shape index (κ1) is 15.9. The van der Waals surface area contributed by atoms with Crippen LogP contribution in [0.1, 0.15) is 28.3 Å². The summed E-state index contributed by atoms with van der Waals surface area (Å²) >= 11 is 1.88. The Morgan fingerprint density at radius 1 is 1.39 bits per heavy atom. The van der Waals surface area contributed by atoms with Crippen molar-refractivity contribution in [2.45, 2.75) is 25.7 Å². The van der Waals surface area contributed by atoms with E-state index in [0.29, 0.717) is 23.0 Å². The maximum Gasteiger partial charge on any atom is 0.253 e. The van der Waals surface area contributed by atoms with Crippen molar-refractivity contribution in [2.75, 3.05) is 11.5 Å². The molecule has 1 atom stereocenters. The highest BCUT2D eigenvalue weighted by molar-refractivity contribution is 7.99. The number of carbonyl (C=O) groups is 1. The molecule has 23 heavy (non-hydrogen) atoms. The molecular formula is C16H18N2O4S. The summed E-state index contributed by atoms with van der Waals surface area (Å²) in [7, 11) is 0. The highest BCUT2D eigenvalue weighted by atomic mass is 32.2. The Morgan fingerprint density at radius 2 is 2.26 bits per heavy atom. The zero-order valence-corrected chi connectivity index (χ0v) is 13.3. The summed E-state index contributed by atoms with van der Waals surface area (Å²) < 4.78 is 11.1. The minimum absolute atomic E-state index is 0.154. The molecule has 122 valence electrons. The molecule has 6 nitrogen and oxygen atoms in total. The number of hydrogen-bond acceptors (Lipinski definition) is 6. The molecule has 1 amide bonds. The Balaban J connectivity index is 1.52. The van der Waals surface area contributed by atoms with E-state index in [1.54, 1.807) is 24.3 Å². The lowest BCUT2D eigenvalue weighted by molar-refractivity contribution is 0.0947. The van der Waals surface area contributed by atoms with Crippen LogP contribution in [0.2, 0.25) is 0 Å². The van der Waals surface area contributed by atoms with Gasteiger partial charge in [0.1, 0.15) is 24.2 Å². The third kappa shape index (κ3) is 4.27. The third-order valence-corrected chi connectivity index (χ3v) is 4.60. The van der Waals surface area contributed by atoms with Gasteiger partial charge in [-0.2, -0.15) is 11.8 Å². The molecule has 1 fully saturated rings. The van der Waals surface area contributed by atoms with E-state index >= 15 is 0 Å². The number of nitrogens with one attached hydrogen (secondary N) is 1. The van der Waals surface area contributed by atoms with Crippen LogP contribution in [0.4, 0.5) is 0 Å². The monoisotopic (exact) mass is 334 g/mol. The Bertz CT molecular complexity index is 650. The van der Waals surface area contributed by atoms with Crippen LogP contribution in [-0.2, 0) is 13.2 Å². The number of nitrogens with zero attached hydrogens (tertiary/aromatic N) is 1. The number of aliphatic hydroxyl groups excluding tert-OH is 1. The fourth-order valence-corrected chi connectivity index (χ4v) is 3.33. The summed E-state index contributed by atoms with van der Waals surface area (Å²) in [4.78, 5) is 16.3. The fraction of sp³-hybridized carbons (Fsp3) is 0.375. The molecule has 0 radical (unpaired) electrons. The molecule has 1 aliphatic rings. The lowest BCUT2D eigenvalue weighted by atomic mass is 10.2. The second-order valence-corrected chi connectivity index (χ2v) is 6.35. The quantitative estimate of drug-likeness (QED) is 0.840. The summed E-state index contributed by atoms with van der Waals surface area (Å²) in [5, 5.41) is 11.7. The SMILES string of the molecule is O=C(NCc1ccc(CO)o1)c1ccc(O[C@@H]2CCSC2)nc1. The van der Waals surface area contributed by atoms with Crippen molar-refractivity contribution < 1.29 is 19.1 Å². The highest BCUT2D eigenvalue weighted by Crippen LogP contribution is 2.22. The summed E-state index contributed by atoms with van der Waals surface area (Å²) in [5.41, 5.74) is 0.465. The van der Waals surface area contributed by atoms with E-state index in [2.05, 4.69) is 10.3 Å². The molecule has 0 spiro atoms. The summed E-state index contributed by atoms with van der Waals surface area (Å²) in [6, 6.07) is 6.81. The summed E-state index contributed by atoms with van der Waals surface area (Å²) in [6.07, 6.45) is 2.76. The number of furan rings is 1. The number of carbonyl (C=O) groups excluding carboxylic acids is 1.